The number of H-pyrrole nitrogens is 2. The van der Waals surface area contributed by atoms with Gasteiger partial charge in [-0.05, 0) is 24.3 Å². The van der Waals surface area contributed by atoms with Gasteiger partial charge in [0.25, 0.3) is 5.91 Å². The minimum Gasteiger partial charge on any atom is -0.477 e. The second-order valence-corrected chi connectivity index (χ2v) is 5.65. The summed E-state index contributed by atoms with van der Waals surface area (Å²) in [4.78, 5) is 33.8. The highest BCUT2D eigenvalue weighted by molar-refractivity contribution is 5.99. The number of hydrogen-bond acceptors (Lipinski definition) is 3. The standard InChI is InChI=1S/C18H14N4O3/c23-17(10-5-6-14-15(7-10)21-9-20-14)19-8-12-11-3-1-2-4-13(11)22-16(12)18(24)25/h1-7,9,22H,8H2,(H,19,23)(H,20,21)(H,24,25). The van der Waals surface area contributed by atoms with Crippen molar-refractivity contribution in [3.63, 3.8) is 0 Å². The van der Waals surface area contributed by atoms with Crippen LogP contribution in [-0.4, -0.2) is 31.9 Å². The van der Waals surface area contributed by atoms with E-state index in [0.29, 0.717) is 11.1 Å². The molecule has 25 heavy (non-hydrogen) atoms. The van der Waals surface area contributed by atoms with Gasteiger partial charge in [0.15, 0.2) is 0 Å². The van der Waals surface area contributed by atoms with Gasteiger partial charge in [0.1, 0.15) is 5.69 Å². The van der Waals surface area contributed by atoms with E-state index < -0.39 is 5.97 Å². The van der Waals surface area contributed by atoms with Gasteiger partial charge in [-0.2, -0.15) is 0 Å². The molecule has 0 saturated carbocycles. The van der Waals surface area contributed by atoms with Gasteiger partial charge in [-0.1, -0.05) is 18.2 Å². The Morgan fingerprint density at radius 3 is 2.80 bits per heavy atom. The van der Waals surface area contributed by atoms with Crippen molar-refractivity contribution in [2.45, 2.75) is 6.54 Å². The minimum atomic E-state index is -1.06. The lowest BCUT2D eigenvalue weighted by Gasteiger charge is -2.06. The normalized spacial score (nSPS) is 11.0. The average molecular weight is 334 g/mol. The Morgan fingerprint density at radius 1 is 1.12 bits per heavy atom. The van der Waals surface area contributed by atoms with Crippen LogP contribution in [0.1, 0.15) is 26.4 Å². The molecule has 0 aliphatic rings. The molecule has 4 N–H and O–H groups in total. The number of carboxylic acid groups (broad SMARTS) is 1. The second kappa shape index (κ2) is 5.79. The first-order chi connectivity index (χ1) is 12.1. The maximum atomic E-state index is 12.4. The zero-order valence-corrected chi connectivity index (χ0v) is 13.0. The van der Waals surface area contributed by atoms with E-state index >= 15 is 0 Å². The maximum Gasteiger partial charge on any atom is 0.352 e. The summed E-state index contributed by atoms with van der Waals surface area (Å²) in [5.74, 6) is -1.34. The van der Waals surface area contributed by atoms with Crippen molar-refractivity contribution in [2.24, 2.45) is 0 Å². The molecule has 2 heterocycles. The average Bonchev–Trinajstić information content (AvgIpc) is 3.23. The lowest BCUT2D eigenvalue weighted by atomic mass is 10.1. The molecule has 4 rings (SSSR count). The van der Waals surface area contributed by atoms with Crippen LogP contribution >= 0.6 is 0 Å². The quantitative estimate of drug-likeness (QED) is 0.460. The van der Waals surface area contributed by atoms with Gasteiger partial charge in [-0.15, -0.1) is 0 Å². The first kappa shape index (κ1) is 14.9. The zero-order valence-electron chi connectivity index (χ0n) is 13.0. The fourth-order valence-electron chi connectivity index (χ4n) is 2.91. The Morgan fingerprint density at radius 2 is 1.96 bits per heavy atom. The van der Waals surface area contributed by atoms with Crippen LogP contribution in [0.15, 0.2) is 48.8 Å². The van der Waals surface area contributed by atoms with Crippen LogP contribution in [0.3, 0.4) is 0 Å². The van der Waals surface area contributed by atoms with Crippen LogP contribution in [0.25, 0.3) is 21.9 Å². The van der Waals surface area contributed by atoms with Crippen molar-refractivity contribution in [1.29, 1.82) is 0 Å². The molecule has 0 bridgehead atoms. The fraction of sp³-hybridized carbons (Fsp3) is 0.0556. The van der Waals surface area contributed by atoms with E-state index in [9.17, 15) is 14.7 Å². The molecule has 7 heteroatoms. The Hall–Kier alpha value is -3.61. The fourth-order valence-corrected chi connectivity index (χ4v) is 2.91. The van der Waals surface area contributed by atoms with Crippen LogP contribution in [0, 0.1) is 0 Å². The smallest absolute Gasteiger partial charge is 0.352 e. The molecule has 0 atom stereocenters. The summed E-state index contributed by atoms with van der Waals surface area (Å²) < 4.78 is 0. The molecule has 0 radical (unpaired) electrons. The van der Waals surface area contributed by atoms with E-state index in [1.54, 1.807) is 30.6 Å². The van der Waals surface area contributed by atoms with Crippen molar-refractivity contribution >= 4 is 33.8 Å². The molecule has 0 fully saturated rings. The summed E-state index contributed by atoms with van der Waals surface area (Å²) in [6, 6.07) is 12.5. The molecule has 2 aromatic heterocycles. The molecule has 0 spiro atoms. The molecular formula is C18H14N4O3. The predicted octanol–water partition coefficient (Wildman–Crippen LogP) is 2.67. The van der Waals surface area contributed by atoms with E-state index in [2.05, 4.69) is 20.3 Å². The number of para-hydroxylation sites is 1. The van der Waals surface area contributed by atoms with Crippen LogP contribution in [0.5, 0.6) is 0 Å². The number of carbonyl (C=O) groups is 2. The Balaban J connectivity index is 1.62. The molecule has 0 aliphatic carbocycles. The van der Waals surface area contributed by atoms with Crippen molar-refractivity contribution in [2.75, 3.05) is 0 Å². The van der Waals surface area contributed by atoms with Crippen molar-refractivity contribution in [3.8, 4) is 0 Å². The first-order valence-corrected chi connectivity index (χ1v) is 7.67. The Labute approximate surface area is 141 Å². The number of hydrogen-bond donors (Lipinski definition) is 4. The number of amides is 1. The summed E-state index contributed by atoms with van der Waals surface area (Å²) in [5.41, 5.74) is 3.40. The molecule has 7 nitrogen and oxygen atoms in total. The summed E-state index contributed by atoms with van der Waals surface area (Å²) >= 11 is 0. The van der Waals surface area contributed by atoms with Gasteiger partial charge in [-0.3, -0.25) is 4.79 Å². The number of carboxylic acids is 1. The van der Waals surface area contributed by atoms with Gasteiger partial charge in [-0.25, -0.2) is 9.78 Å². The minimum absolute atomic E-state index is 0.0884. The van der Waals surface area contributed by atoms with Gasteiger partial charge >= 0.3 is 5.97 Å². The molecule has 0 unspecified atom stereocenters. The van der Waals surface area contributed by atoms with Crippen LogP contribution in [0.4, 0.5) is 0 Å². The number of aromatic amines is 2. The largest absolute Gasteiger partial charge is 0.477 e. The van der Waals surface area contributed by atoms with Crippen LogP contribution in [0.2, 0.25) is 0 Å². The van der Waals surface area contributed by atoms with E-state index in [4.69, 9.17) is 0 Å². The van der Waals surface area contributed by atoms with Crippen molar-refractivity contribution < 1.29 is 14.7 Å². The van der Waals surface area contributed by atoms with Gasteiger partial charge < -0.3 is 20.4 Å². The van der Waals surface area contributed by atoms with E-state index in [-0.39, 0.29) is 18.1 Å². The molecule has 4 aromatic rings. The highest BCUT2D eigenvalue weighted by Crippen LogP contribution is 2.22. The number of nitrogens with zero attached hydrogens (tertiary/aromatic N) is 1. The number of benzene rings is 2. The Bertz CT molecular complexity index is 1110. The number of nitrogens with one attached hydrogen (secondary N) is 3. The van der Waals surface area contributed by atoms with Gasteiger partial charge in [0.05, 0.1) is 17.4 Å². The lowest BCUT2D eigenvalue weighted by molar-refractivity contribution is 0.0689. The molecule has 124 valence electrons. The lowest BCUT2D eigenvalue weighted by Crippen LogP contribution is -2.23. The summed E-state index contributed by atoms with van der Waals surface area (Å²) in [6.45, 7) is 0.117. The second-order valence-electron chi connectivity index (χ2n) is 5.65. The topological polar surface area (TPSA) is 111 Å². The third-order valence-electron chi connectivity index (χ3n) is 4.14. The monoisotopic (exact) mass is 334 g/mol. The number of aromatic carboxylic acids is 1. The number of carbonyl (C=O) groups excluding carboxylic acids is 1. The Kier molecular flexibility index (Phi) is 3.46. The number of aromatic nitrogens is 3. The molecular weight excluding hydrogens is 320 g/mol. The van der Waals surface area contributed by atoms with E-state index in [1.807, 2.05) is 18.2 Å². The highest BCUT2D eigenvalue weighted by atomic mass is 16.4. The third-order valence-corrected chi connectivity index (χ3v) is 4.14. The summed E-state index contributed by atoms with van der Waals surface area (Å²) in [6.07, 6.45) is 1.57. The van der Waals surface area contributed by atoms with Gasteiger partial charge in [0.2, 0.25) is 0 Å². The SMILES string of the molecule is O=C(NCc1c(C(=O)O)[nH]c2ccccc12)c1ccc2nc[nH]c2c1. The zero-order chi connectivity index (χ0) is 17.4. The predicted molar refractivity (Wildman–Crippen MR) is 92.5 cm³/mol. The summed E-state index contributed by atoms with van der Waals surface area (Å²) in [5, 5.41) is 13.0. The van der Waals surface area contributed by atoms with E-state index in [0.717, 1.165) is 21.9 Å². The molecule has 0 aliphatic heterocycles. The molecule has 2 aromatic carbocycles. The van der Waals surface area contributed by atoms with Crippen molar-refractivity contribution in [3.05, 3.63) is 65.6 Å². The van der Waals surface area contributed by atoms with Crippen LogP contribution < -0.4 is 5.32 Å². The van der Waals surface area contributed by atoms with E-state index in [1.165, 1.54) is 0 Å². The van der Waals surface area contributed by atoms with Crippen molar-refractivity contribution in [1.82, 2.24) is 20.3 Å². The number of imidazole rings is 1. The van der Waals surface area contributed by atoms with Gasteiger partial charge in [0, 0.05) is 28.6 Å². The highest BCUT2D eigenvalue weighted by Gasteiger charge is 2.17. The number of fused-ring (bicyclic) bond motifs is 2. The first-order valence-electron chi connectivity index (χ1n) is 7.67. The molecule has 1 amide bonds. The maximum absolute atomic E-state index is 12.4. The molecule has 0 saturated heterocycles. The van der Waals surface area contributed by atoms with Crippen LogP contribution in [-0.2, 0) is 6.54 Å². The third kappa shape index (κ3) is 2.61. The summed E-state index contributed by atoms with van der Waals surface area (Å²) in [7, 11) is 0. The number of rotatable bonds is 4.